The molecule has 0 aromatic rings. The zero-order valence-electron chi connectivity index (χ0n) is 20.2. The SMILES string of the molecule is CC(/C=C/C=C(\C)C(=O)O)=C\C=C\C=C(C)\C=C\C=C(/C)C(=O)O[C@@H]1OC(CO)[C@@H](O)[C@H](O)C1O. The summed E-state index contributed by atoms with van der Waals surface area (Å²) in [5.41, 5.74) is 2.29. The third-order valence-electron chi connectivity index (χ3n) is 4.97. The Hall–Kier alpha value is -3.08. The van der Waals surface area contributed by atoms with Crippen LogP contribution in [-0.4, -0.2) is 74.8 Å². The summed E-state index contributed by atoms with van der Waals surface area (Å²) in [7, 11) is 0. The van der Waals surface area contributed by atoms with Crippen LogP contribution in [0.5, 0.6) is 0 Å². The van der Waals surface area contributed by atoms with Crippen LogP contribution in [-0.2, 0) is 19.1 Å². The van der Waals surface area contributed by atoms with Gasteiger partial charge < -0.3 is 35.0 Å². The van der Waals surface area contributed by atoms with Crippen LogP contribution >= 0.6 is 0 Å². The number of carbonyl (C=O) groups excluding carboxylic acids is 1. The first kappa shape index (κ1) is 30.0. The lowest BCUT2D eigenvalue weighted by Gasteiger charge is -2.39. The van der Waals surface area contributed by atoms with Gasteiger partial charge in [0.25, 0.3) is 0 Å². The molecule has 0 spiro atoms. The average molecular weight is 491 g/mol. The van der Waals surface area contributed by atoms with E-state index in [4.69, 9.17) is 14.6 Å². The van der Waals surface area contributed by atoms with Crippen molar-refractivity contribution in [2.45, 2.75) is 58.4 Å². The molecule has 1 rings (SSSR count). The van der Waals surface area contributed by atoms with Gasteiger partial charge in [-0.2, -0.15) is 0 Å². The van der Waals surface area contributed by atoms with Gasteiger partial charge in [0, 0.05) is 11.1 Å². The molecule has 9 nitrogen and oxygen atoms in total. The summed E-state index contributed by atoms with van der Waals surface area (Å²) >= 11 is 0. The van der Waals surface area contributed by atoms with E-state index in [0.717, 1.165) is 11.1 Å². The fourth-order valence-corrected chi connectivity index (χ4v) is 2.72. The lowest BCUT2D eigenvalue weighted by molar-refractivity contribution is -0.291. The third kappa shape index (κ3) is 10.4. The molecule has 5 N–H and O–H groups in total. The molecule has 0 aromatic heterocycles. The largest absolute Gasteiger partial charge is 0.478 e. The number of carboxylic acids is 1. The molecular formula is C26H34O9. The Morgan fingerprint density at radius 2 is 1.29 bits per heavy atom. The number of hydrogen-bond acceptors (Lipinski definition) is 8. The van der Waals surface area contributed by atoms with Gasteiger partial charge in [0.15, 0.2) is 0 Å². The predicted molar refractivity (Wildman–Crippen MR) is 130 cm³/mol. The zero-order valence-corrected chi connectivity index (χ0v) is 20.2. The number of aliphatic hydroxyl groups excluding tert-OH is 4. The third-order valence-corrected chi connectivity index (χ3v) is 4.97. The highest BCUT2D eigenvalue weighted by atomic mass is 16.7. The molecule has 1 aliphatic heterocycles. The van der Waals surface area contributed by atoms with E-state index in [1.165, 1.54) is 26.0 Å². The minimum atomic E-state index is -1.66. The van der Waals surface area contributed by atoms with E-state index in [-0.39, 0.29) is 11.1 Å². The molecule has 1 heterocycles. The number of ether oxygens (including phenoxy) is 2. The van der Waals surface area contributed by atoms with Crippen molar-refractivity contribution in [1.29, 1.82) is 0 Å². The minimum Gasteiger partial charge on any atom is -0.478 e. The highest BCUT2D eigenvalue weighted by Gasteiger charge is 2.45. The van der Waals surface area contributed by atoms with Gasteiger partial charge in [-0.15, -0.1) is 0 Å². The standard InChI is InChI=1S/C26H34O9/c1-16(11-7-13-18(3)24(31)32)9-5-6-10-17(2)12-8-14-19(4)25(33)35-26-23(30)22(29)21(28)20(15-27)34-26/h5-14,20-23,26-30H,15H2,1-4H3,(H,31,32)/b6-5+,11-7+,12-8+,16-9+,17-10+,18-13+,19-14+/t20?,21-,22+,23?,26+/m1/s1. The molecule has 35 heavy (non-hydrogen) atoms. The normalized spacial score (nSPS) is 27.3. The van der Waals surface area contributed by atoms with Gasteiger partial charge in [-0.3, -0.25) is 0 Å². The monoisotopic (exact) mass is 490 g/mol. The number of hydrogen-bond donors (Lipinski definition) is 5. The van der Waals surface area contributed by atoms with Crippen LogP contribution in [0.25, 0.3) is 0 Å². The van der Waals surface area contributed by atoms with Crippen molar-refractivity contribution in [1.82, 2.24) is 0 Å². The van der Waals surface area contributed by atoms with Crippen LogP contribution in [0.3, 0.4) is 0 Å². The first-order valence-corrected chi connectivity index (χ1v) is 10.9. The van der Waals surface area contributed by atoms with E-state index in [0.29, 0.717) is 0 Å². The number of rotatable bonds is 10. The van der Waals surface area contributed by atoms with Crippen molar-refractivity contribution in [3.63, 3.8) is 0 Å². The Bertz CT molecular complexity index is 948. The number of aliphatic carboxylic acids is 1. The van der Waals surface area contributed by atoms with Gasteiger partial charge >= 0.3 is 11.9 Å². The highest BCUT2D eigenvalue weighted by Crippen LogP contribution is 2.22. The maximum absolute atomic E-state index is 12.2. The van der Waals surface area contributed by atoms with E-state index in [2.05, 4.69) is 0 Å². The lowest BCUT2D eigenvalue weighted by atomic mass is 9.99. The van der Waals surface area contributed by atoms with E-state index < -0.39 is 49.3 Å². The van der Waals surface area contributed by atoms with Crippen LogP contribution in [0.15, 0.2) is 83.1 Å². The van der Waals surface area contributed by atoms with Crippen LogP contribution in [0.2, 0.25) is 0 Å². The van der Waals surface area contributed by atoms with Gasteiger partial charge in [-0.1, -0.05) is 71.9 Å². The van der Waals surface area contributed by atoms with Crippen LogP contribution < -0.4 is 0 Å². The molecule has 0 aromatic carbocycles. The summed E-state index contributed by atoms with van der Waals surface area (Å²) in [6, 6.07) is 0. The molecule has 0 bridgehead atoms. The molecule has 0 amide bonds. The summed E-state index contributed by atoms with van der Waals surface area (Å²) in [5, 5.41) is 47.5. The molecule has 1 fully saturated rings. The molecule has 192 valence electrons. The second kappa shape index (κ2) is 15.0. The van der Waals surface area contributed by atoms with Crippen LogP contribution in [0.1, 0.15) is 27.7 Å². The fourth-order valence-electron chi connectivity index (χ4n) is 2.72. The molecule has 0 aliphatic carbocycles. The van der Waals surface area contributed by atoms with Crippen molar-refractivity contribution in [3.05, 3.63) is 83.1 Å². The molecule has 0 saturated carbocycles. The van der Waals surface area contributed by atoms with Crippen LogP contribution in [0.4, 0.5) is 0 Å². The van der Waals surface area contributed by atoms with Gasteiger partial charge in [0.2, 0.25) is 6.29 Å². The average Bonchev–Trinajstić information content (AvgIpc) is 2.81. The van der Waals surface area contributed by atoms with E-state index in [9.17, 15) is 30.0 Å². The Balaban J connectivity index is 2.64. The lowest BCUT2D eigenvalue weighted by Crippen LogP contribution is -2.59. The molecule has 9 heteroatoms. The molecule has 1 aliphatic rings. The Morgan fingerprint density at radius 1 is 0.771 bits per heavy atom. The van der Waals surface area contributed by atoms with Crippen molar-refractivity contribution in [2.24, 2.45) is 0 Å². The van der Waals surface area contributed by atoms with Gasteiger partial charge in [-0.25, -0.2) is 9.59 Å². The van der Waals surface area contributed by atoms with Gasteiger partial charge in [0.05, 0.1) is 6.61 Å². The second-order valence-electron chi connectivity index (χ2n) is 8.03. The highest BCUT2D eigenvalue weighted by molar-refractivity contribution is 5.88. The van der Waals surface area contributed by atoms with Crippen molar-refractivity contribution in [3.8, 4) is 0 Å². The predicted octanol–water partition coefficient (Wildman–Crippen LogP) is 1.87. The number of allylic oxidation sites excluding steroid dienone is 12. The molecule has 2 unspecified atom stereocenters. The summed E-state index contributed by atoms with van der Waals surface area (Å²) in [6.45, 7) is 6.16. The van der Waals surface area contributed by atoms with Gasteiger partial charge in [-0.05, 0) is 27.7 Å². The smallest absolute Gasteiger partial charge is 0.336 e. The van der Waals surface area contributed by atoms with Crippen molar-refractivity contribution < 1.29 is 44.6 Å². The summed E-state index contributed by atoms with van der Waals surface area (Å²) < 4.78 is 10.2. The summed E-state index contributed by atoms with van der Waals surface area (Å²) in [6.07, 6.45) is 9.79. The van der Waals surface area contributed by atoms with E-state index in [1.807, 2.05) is 38.2 Å². The Morgan fingerprint density at radius 3 is 1.77 bits per heavy atom. The minimum absolute atomic E-state index is 0.207. The molecule has 1 saturated heterocycles. The van der Waals surface area contributed by atoms with Crippen molar-refractivity contribution in [2.75, 3.05) is 6.61 Å². The van der Waals surface area contributed by atoms with Crippen LogP contribution in [0, 0.1) is 0 Å². The summed E-state index contributed by atoms with van der Waals surface area (Å²) in [4.78, 5) is 23.0. The van der Waals surface area contributed by atoms with E-state index in [1.54, 1.807) is 24.3 Å². The number of esters is 1. The molecule has 0 radical (unpaired) electrons. The fraction of sp³-hybridized carbons (Fsp3) is 0.385. The van der Waals surface area contributed by atoms with E-state index >= 15 is 0 Å². The first-order valence-electron chi connectivity index (χ1n) is 10.9. The zero-order chi connectivity index (χ0) is 26.5. The Kier molecular flexibility index (Phi) is 12.9. The molecule has 5 atom stereocenters. The van der Waals surface area contributed by atoms with Gasteiger partial charge in [0.1, 0.15) is 24.4 Å². The quantitative estimate of drug-likeness (QED) is 0.175. The first-order chi connectivity index (χ1) is 16.5. The Labute approximate surface area is 205 Å². The van der Waals surface area contributed by atoms with Crippen molar-refractivity contribution >= 4 is 11.9 Å². The second-order valence-corrected chi connectivity index (χ2v) is 8.03. The number of carboxylic acid groups (broad SMARTS) is 1. The maximum atomic E-state index is 12.2. The number of aliphatic hydroxyl groups is 4. The maximum Gasteiger partial charge on any atom is 0.336 e. The summed E-state index contributed by atoms with van der Waals surface area (Å²) in [5.74, 6) is -1.75. The number of carbonyl (C=O) groups is 2. The topological polar surface area (TPSA) is 154 Å². The molecular weight excluding hydrogens is 456 g/mol.